The Morgan fingerprint density at radius 2 is 2.18 bits per heavy atom. The molecular formula is C18H18N2O2. The van der Waals surface area contributed by atoms with Crippen molar-refractivity contribution in [3.63, 3.8) is 0 Å². The van der Waals surface area contributed by atoms with Gasteiger partial charge in [-0.25, -0.2) is 4.98 Å². The van der Waals surface area contributed by atoms with E-state index in [2.05, 4.69) is 23.3 Å². The maximum Gasteiger partial charge on any atom is 0.256 e. The number of rotatable bonds is 2. The van der Waals surface area contributed by atoms with Crippen molar-refractivity contribution in [2.75, 3.05) is 5.32 Å². The molecule has 1 aliphatic carbocycles. The van der Waals surface area contributed by atoms with Gasteiger partial charge in [0.1, 0.15) is 5.76 Å². The molecule has 4 rings (SSSR count). The molecule has 1 aliphatic heterocycles. The van der Waals surface area contributed by atoms with E-state index in [0.717, 1.165) is 48.4 Å². The van der Waals surface area contributed by atoms with Crippen LogP contribution in [0.4, 0.5) is 5.69 Å². The molecule has 0 unspecified atom stereocenters. The number of benzene rings is 1. The molecule has 0 radical (unpaired) electrons. The van der Waals surface area contributed by atoms with Crippen molar-refractivity contribution in [3.8, 4) is 0 Å². The first-order valence-corrected chi connectivity index (χ1v) is 7.89. The Morgan fingerprint density at radius 1 is 1.32 bits per heavy atom. The van der Waals surface area contributed by atoms with E-state index < -0.39 is 0 Å². The summed E-state index contributed by atoms with van der Waals surface area (Å²) in [7, 11) is 0. The molecule has 2 aromatic rings. The minimum atomic E-state index is -0.0839. The van der Waals surface area contributed by atoms with Crippen LogP contribution >= 0.6 is 0 Å². The maximum absolute atomic E-state index is 12.2. The van der Waals surface area contributed by atoms with Gasteiger partial charge in [0.2, 0.25) is 5.89 Å². The van der Waals surface area contributed by atoms with Crippen molar-refractivity contribution in [2.45, 2.75) is 39.0 Å². The Kier molecular flexibility index (Phi) is 3.10. The summed E-state index contributed by atoms with van der Waals surface area (Å²) in [6.45, 7) is 2.11. The lowest BCUT2D eigenvalue weighted by Gasteiger charge is -2.05. The first-order chi connectivity index (χ1) is 10.7. The number of nitrogens with zero attached hydrogens (tertiary/aromatic N) is 1. The molecule has 2 heterocycles. The van der Waals surface area contributed by atoms with Gasteiger partial charge in [0, 0.05) is 23.7 Å². The average molecular weight is 294 g/mol. The topological polar surface area (TPSA) is 55.1 Å². The number of fused-ring (bicyclic) bond motifs is 2. The second-order valence-electron chi connectivity index (χ2n) is 5.87. The first kappa shape index (κ1) is 13.3. The zero-order valence-corrected chi connectivity index (χ0v) is 12.6. The van der Waals surface area contributed by atoms with E-state index in [1.807, 2.05) is 12.1 Å². The van der Waals surface area contributed by atoms with Gasteiger partial charge in [0.05, 0.1) is 11.3 Å². The van der Waals surface area contributed by atoms with Gasteiger partial charge in [-0.05, 0) is 43.4 Å². The Morgan fingerprint density at radius 3 is 3.00 bits per heavy atom. The fraction of sp³-hybridized carbons (Fsp3) is 0.333. The van der Waals surface area contributed by atoms with Gasteiger partial charge in [0.25, 0.3) is 5.91 Å². The largest absolute Gasteiger partial charge is 0.441 e. The van der Waals surface area contributed by atoms with Gasteiger partial charge < -0.3 is 9.73 Å². The van der Waals surface area contributed by atoms with E-state index in [1.165, 1.54) is 12.0 Å². The standard InChI is InChI=1S/C18H18N2O2/c1-2-11-7-8-14-12(9-11)13(18(21)20-14)10-17-19-15-5-3-4-6-16(15)22-17/h7-10H,2-6H2,1H3,(H,20,21). The number of oxazole rings is 1. The number of hydrogen-bond donors (Lipinski definition) is 1. The second-order valence-corrected chi connectivity index (χ2v) is 5.87. The molecule has 0 atom stereocenters. The first-order valence-electron chi connectivity index (χ1n) is 7.89. The van der Waals surface area contributed by atoms with Gasteiger partial charge in [0.15, 0.2) is 0 Å². The quantitative estimate of drug-likeness (QED) is 0.861. The number of hydrogen-bond acceptors (Lipinski definition) is 3. The van der Waals surface area contributed by atoms with Crippen LogP contribution in [0.3, 0.4) is 0 Å². The van der Waals surface area contributed by atoms with Gasteiger partial charge >= 0.3 is 0 Å². The monoisotopic (exact) mass is 294 g/mol. The number of aromatic nitrogens is 1. The summed E-state index contributed by atoms with van der Waals surface area (Å²) in [5.41, 5.74) is 4.72. The summed E-state index contributed by atoms with van der Waals surface area (Å²) in [4.78, 5) is 16.8. The van der Waals surface area contributed by atoms with Gasteiger partial charge in [-0.15, -0.1) is 0 Å². The third-order valence-corrected chi connectivity index (χ3v) is 4.41. The molecule has 4 heteroatoms. The van der Waals surface area contributed by atoms with Crippen molar-refractivity contribution < 1.29 is 9.21 Å². The third-order valence-electron chi connectivity index (χ3n) is 4.41. The van der Waals surface area contributed by atoms with Crippen LogP contribution in [0, 0.1) is 0 Å². The van der Waals surface area contributed by atoms with Crippen LogP contribution in [0.25, 0.3) is 11.6 Å². The number of aryl methyl sites for hydroxylation is 3. The van der Waals surface area contributed by atoms with E-state index in [1.54, 1.807) is 6.08 Å². The van der Waals surface area contributed by atoms with E-state index >= 15 is 0 Å². The van der Waals surface area contributed by atoms with Crippen LogP contribution in [0.15, 0.2) is 22.6 Å². The van der Waals surface area contributed by atoms with Crippen LogP contribution < -0.4 is 5.32 Å². The van der Waals surface area contributed by atoms with Crippen molar-refractivity contribution in [3.05, 3.63) is 46.7 Å². The number of nitrogens with one attached hydrogen (secondary N) is 1. The molecular weight excluding hydrogens is 276 g/mol. The zero-order chi connectivity index (χ0) is 15.1. The third kappa shape index (κ3) is 2.15. The molecule has 22 heavy (non-hydrogen) atoms. The lowest BCUT2D eigenvalue weighted by Crippen LogP contribution is -2.03. The molecule has 2 aliphatic rings. The molecule has 0 bridgehead atoms. The van der Waals surface area contributed by atoms with E-state index in [0.29, 0.717) is 11.5 Å². The van der Waals surface area contributed by atoms with E-state index in [9.17, 15) is 4.79 Å². The molecule has 0 spiro atoms. The number of carbonyl (C=O) groups is 1. The number of carbonyl (C=O) groups excluding carboxylic acids is 1. The van der Waals surface area contributed by atoms with Crippen LogP contribution in [0.2, 0.25) is 0 Å². The predicted molar refractivity (Wildman–Crippen MR) is 85.5 cm³/mol. The average Bonchev–Trinajstić information content (AvgIpc) is 3.08. The molecule has 1 aromatic carbocycles. The highest BCUT2D eigenvalue weighted by Gasteiger charge is 2.25. The number of anilines is 1. The SMILES string of the molecule is CCc1ccc2c(c1)C(=Cc1nc3c(o1)CCCC3)C(=O)N2. The van der Waals surface area contributed by atoms with Crippen molar-refractivity contribution >= 4 is 23.2 Å². The van der Waals surface area contributed by atoms with Crippen LogP contribution in [0.5, 0.6) is 0 Å². The molecule has 0 fully saturated rings. The molecule has 1 aromatic heterocycles. The fourth-order valence-electron chi connectivity index (χ4n) is 3.16. The highest BCUT2D eigenvalue weighted by Crippen LogP contribution is 2.34. The molecule has 1 amide bonds. The van der Waals surface area contributed by atoms with Crippen molar-refractivity contribution in [2.24, 2.45) is 0 Å². The Labute approximate surface area is 129 Å². The highest BCUT2D eigenvalue weighted by molar-refractivity contribution is 6.34. The van der Waals surface area contributed by atoms with Crippen molar-refractivity contribution in [1.82, 2.24) is 4.98 Å². The van der Waals surface area contributed by atoms with Gasteiger partial charge in [-0.3, -0.25) is 4.79 Å². The number of amides is 1. The maximum atomic E-state index is 12.2. The van der Waals surface area contributed by atoms with E-state index in [-0.39, 0.29) is 5.91 Å². The van der Waals surface area contributed by atoms with E-state index in [4.69, 9.17) is 4.42 Å². The summed E-state index contributed by atoms with van der Waals surface area (Å²) >= 11 is 0. The predicted octanol–water partition coefficient (Wildman–Crippen LogP) is 3.61. The lowest BCUT2D eigenvalue weighted by molar-refractivity contribution is -0.110. The van der Waals surface area contributed by atoms with Crippen LogP contribution in [-0.4, -0.2) is 10.9 Å². The van der Waals surface area contributed by atoms with Crippen molar-refractivity contribution in [1.29, 1.82) is 0 Å². The minimum Gasteiger partial charge on any atom is -0.441 e. The molecule has 4 nitrogen and oxygen atoms in total. The normalized spacial score (nSPS) is 18.2. The second kappa shape index (κ2) is 5.13. The lowest BCUT2D eigenvalue weighted by atomic mass is 10.0. The summed E-state index contributed by atoms with van der Waals surface area (Å²) in [5, 5.41) is 2.90. The summed E-state index contributed by atoms with van der Waals surface area (Å²) < 4.78 is 5.82. The van der Waals surface area contributed by atoms with Gasteiger partial charge in [-0.2, -0.15) is 0 Å². The summed E-state index contributed by atoms with van der Waals surface area (Å²) in [5.74, 6) is 1.45. The Balaban J connectivity index is 1.76. The molecule has 0 saturated carbocycles. The van der Waals surface area contributed by atoms with Gasteiger partial charge in [-0.1, -0.05) is 13.0 Å². The Bertz CT molecular complexity index is 763. The van der Waals surface area contributed by atoms with Crippen LogP contribution in [0.1, 0.15) is 48.2 Å². The Hall–Kier alpha value is -2.36. The molecule has 1 N–H and O–H groups in total. The summed E-state index contributed by atoms with van der Waals surface area (Å²) in [6, 6.07) is 6.08. The fourth-order valence-corrected chi connectivity index (χ4v) is 3.16. The summed E-state index contributed by atoms with van der Waals surface area (Å²) in [6.07, 6.45) is 6.97. The highest BCUT2D eigenvalue weighted by atomic mass is 16.4. The molecule has 112 valence electrons. The zero-order valence-electron chi connectivity index (χ0n) is 12.6. The molecule has 0 saturated heterocycles. The smallest absolute Gasteiger partial charge is 0.256 e. The minimum absolute atomic E-state index is 0.0839. The van der Waals surface area contributed by atoms with Crippen LogP contribution in [-0.2, 0) is 24.1 Å².